The Morgan fingerprint density at radius 3 is 2.86 bits per heavy atom. The van der Waals surface area contributed by atoms with Gasteiger partial charge in [0.15, 0.2) is 17.7 Å². The van der Waals surface area contributed by atoms with Crippen molar-refractivity contribution >= 4 is 39.1 Å². The van der Waals surface area contributed by atoms with Gasteiger partial charge in [-0.15, -0.1) is 11.3 Å². The predicted molar refractivity (Wildman–Crippen MR) is 103 cm³/mol. The Kier molecular flexibility index (Phi) is 4.91. The molecule has 3 aromatic rings. The number of halogens is 2. The molecule has 9 heteroatoms. The molecule has 1 amide bonds. The van der Waals surface area contributed by atoms with Gasteiger partial charge in [-0.3, -0.25) is 14.5 Å². The van der Waals surface area contributed by atoms with Crippen LogP contribution in [0.4, 0.5) is 14.5 Å². The average Bonchev–Trinajstić information content (AvgIpc) is 3.11. The van der Waals surface area contributed by atoms with E-state index in [1.165, 1.54) is 18.1 Å². The minimum absolute atomic E-state index is 0.0398. The molecular weight excluding hydrogens is 402 g/mol. The van der Waals surface area contributed by atoms with Crippen LogP contribution < -0.4 is 9.64 Å². The lowest BCUT2D eigenvalue weighted by Crippen LogP contribution is -2.46. The number of nitrogens with zero attached hydrogens (tertiary/aromatic N) is 2. The van der Waals surface area contributed by atoms with Crippen LogP contribution in [-0.2, 0) is 20.9 Å². The maximum atomic E-state index is 14.1. The van der Waals surface area contributed by atoms with Crippen molar-refractivity contribution in [3.63, 3.8) is 0 Å². The van der Waals surface area contributed by atoms with Gasteiger partial charge in [0.2, 0.25) is 0 Å². The summed E-state index contributed by atoms with van der Waals surface area (Å²) in [4.78, 5) is 30.6. The fourth-order valence-electron chi connectivity index (χ4n) is 3.27. The third-order valence-electron chi connectivity index (χ3n) is 4.65. The zero-order valence-corrected chi connectivity index (χ0v) is 16.4. The summed E-state index contributed by atoms with van der Waals surface area (Å²) in [7, 11) is 1.24. The number of hydrogen-bond acceptors (Lipinski definition) is 6. The summed E-state index contributed by atoms with van der Waals surface area (Å²) in [6.07, 6.45) is -1.28. The number of aryl methyl sites for hydroxylation is 1. The second kappa shape index (κ2) is 7.40. The largest absolute Gasteiger partial charge is 0.478 e. The number of para-hydroxylation sites is 1. The molecule has 0 spiro atoms. The summed E-state index contributed by atoms with van der Waals surface area (Å²) >= 11 is 0.981. The first-order valence-corrected chi connectivity index (χ1v) is 9.58. The Morgan fingerprint density at radius 2 is 2.10 bits per heavy atom. The standard InChI is InChI=1S/C20H16F2N2O4S/c1-10-4-3-5-13-18(10)24(20(26)14(28-13)8-16(25)27-2)9-15-23-12-7-6-11(21)17(22)19(12)29-15/h3-7,14H,8-9H2,1-2H3. The number of thiazole rings is 1. The van der Waals surface area contributed by atoms with Crippen molar-refractivity contribution in [2.24, 2.45) is 0 Å². The van der Waals surface area contributed by atoms with E-state index in [0.29, 0.717) is 22.0 Å². The fraction of sp³-hybridized carbons (Fsp3) is 0.250. The van der Waals surface area contributed by atoms with Crippen LogP contribution in [0, 0.1) is 18.6 Å². The number of methoxy groups -OCH3 is 1. The van der Waals surface area contributed by atoms with Crippen LogP contribution in [0.5, 0.6) is 5.75 Å². The molecule has 0 radical (unpaired) electrons. The van der Waals surface area contributed by atoms with Gasteiger partial charge in [-0.1, -0.05) is 12.1 Å². The van der Waals surface area contributed by atoms with Gasteiger partial charge < -0.3 is 9.47 Å². The lowest BCUT2D eigenvalue weighted by molar-refractivity contribution is -0.145. The van der Waals surface area contributed by atoms with E-state index >= 15 is 0 Å². The molecule has 4 rings (SSSR count). The van der Waals surface area contributed by atoms with Gasteiger partial charge in [0.1, 0.15) is 10.8 Å². The average molecular weight is 418 g/mol. The number of carbonyl (C=O) groups is 2. The number of carbonyl (C=O) groups excluding carboxylic acids is 2. The highest BCUT2D eigenvalue weighted by Crippen LogP contribution is 2.39. The maximum Gasteiger partial charge on any atom is 0.309 e. The number of fused-ring (bicyclic) bond motifs is 2. The first kappa shape index (κ1) is 19.3. The highest BCUT2D eigenvalue weighted by Gasteiger charge is 2.37. The maximum absolute atomic E-state index is 14.1. The molecule has 150 valence electrons. The van der Waals surface area contributed by atoms with Crippen molar-refractivity contribution in [2.75, 3.05) is 12.0 Å². The van der Waals surface area contributed by atoms with Crippen molar-refractivity contribution in [3.8, 4) is 5.75 Å². The van der Waals surface area contributed by atoms with Crippen molar-refractivity contribution in [1.82, 2.24) is 4.98 Å². The Hall–Kier alpha value is -3.07. The molecule has 1 aromatic heterocycles. The van der Waals surface area contributed by atoms with Crippen molar-refractivity contribution in [2.45, 2.75) is 26.0 Å². The quantitative estimate of drug-likeness (QED) is 0.604. The van der Waals surface area contributed by atoms with Gasteiger partial charge >= 0.3 is 5.97 Å². The number of amides is 1. The summed E-state index contributed by atoms with van der Waals surface area (Å²) in [5, 5.41) is 0.436. The van der Waals surface area contributed by atoms with Crippen molar-refractivity contribution in [3.05, 3.63) is 52.5 Å². The number of hydrogen-bond donors (Lipinski definition) is 0. The van der Waals surface area contributed by atoms with Crippen molar-refractivity contribution in [1.29, 1.82) is 0 Å². The van der Waals surface area contributed by atoms with E-state index in [1.54, 1.807) is 12.1 Å². The molecule has 6 nitrogen and oxygen atoms in total. The number of ether oxygens (including phenoxy) is 2. The zero-order chi connectivity index (χ0) is 20.7. The molecule has 0 fully saturated rings. The SMILES string of the molecule is COC(=O)CC1Oc2cccc(C)c2N(Cc2nc3ccc(F)c(F)c3s2)C1=O. The van der Waals surface area contributed by atoms with Crippen LogP contribution in [0.3, 0.4) is 0 Å². The molecule has 1 unspecified atom stereocenters. The van der Waals surface area contributed by atoms with E-state index in [-0.39, 0.29) is 17.7 Å². The number of benzene rings is 2. The number of anilines is 1. The number of esters is 1. The van der Waals surface area contributed by atoms with E-state index in [0.717, 1.165) is 23.0 Å². The summed E-state index contributed by atoms with van der Waals surface area (Å²) in [6.45, 7) is 1.87. The fourth-order valence-corrected chi connectivity index (χ4v) is 4.24. The Balaban J connectivity index is 1.74. The molecule has 1 aliphatic rings. The van der Waals surface area contributed by atoms with E-state index in [4.69, 9.17) is 4.74 Å². The van der Waals surface area contributed by atoms with Gasteiger partial charge in [-0.2, -0.15) is 0 Å². The van der Waals surface area contributed by atoms with Crippen LogP contribution in [0.1, 0.15) is 17.0 Å². The van der Waals surface area contributed by atoms with Gasteiger partial charge in [-0.05, 0) is 30.7 Å². The van der Waals surface area contributed by atoms with Gasteiger partial charge in [-0.25, -0.2) is 13.8 Å². The predicted octanol–water partition coefficient (Wildman–Crippen LogP) is 3.74. The molecule has 2 aromatic carbocycles. The molecule has 1 atom stereocenters. The second-order valence-corrected chi connectivity index (χ2v) is 7.63. The monoisotopic (exact) mass is 418 g/mol. The highest BCUT2D eigenvalue weighted by atomic mass is 32.1. The number of aromatic nitrogens is 1. The molecule has 1 aliphatic heterocycles. The van der Waals surface area contributed by atoms with E-state index in [2.05, 4.69) is 9.72 Å². The van der Waals surface area contributed by atoms with Crippen LogP contribution >= 0.6 is 11.3 Å². The smallest absolute Gasteiger partial charge is 0.309 e. The zero-order valence-electron chi connectivity index (χ0n) is 15.6. The summed E-state index contributed by atoms with van der Waals surface area (Å²) in [5.41, 5.74) is 1.68. The van der Waals surface area contributed by atoms with Gasteiger partial charge in [0, 0.05) is 0 Å². The van der Waals surface area contributed by atoms with Crippen LogP contribution in [0.15, 0.2) is 30.3 Å². The molecule has 2 heterocycles. The minimum atomic E-state index is -1.04. The summed E-state index contributed by atoms with van der Waals surface area (Å²) < 4.78 is 38.1. The Labute approximate surface area is 168 Å². The normalized spacial score (nSPS) is 15.9. The lowest BCUT2D eigenvalue weighted by Gasteiger charge is -2.34. The molecule has 0 saturated carbocycles. The van der Waals surface area contributed by atoms with Crippen LogP contribution in [0.2, 0.25) is 0 Å². The van der Waals surface area contributed by atoms with Crippen LogP contribution in [-0.4, -0.2) is 30.1 Å². The van der Waals surface area contributed by atoms with E-state index in [1.807, 2.05) is 13.0 Å². The van der Waals surface area contributed by atoms with Crippen LogP contribution in [0.25, 0.3) is 10.2 Å². The summed E-state index contributed by atoms with van der Waals surface area (Å²) in [5.74, 6) is -2.45. The van der Waals surface area contributed by atoms with E-state index in [9.17, 15) is 18.4 Å². The molecular formula is C20H16F2N2O4S. The molecule has 0 aliphatic carbocycles. The highest BCUT2D eigenvalue weighted by molar-refractivity contribution is 7.18. The van der Waals surface area contributed by atoms with Gasteiger partial charge in [0.25, 0.3) is 5.91 Å². The molecule has 0 bridgehead atoms. The summed E-state index contributed by atoms with van der Waals surface area (Å²) in [6, 6.07) is 7.74. The first-order valence-electron chi connectivity index (χ1n) is 8.77. The molecule has 0 N–H and O–H groups in total. The lowest BCUT2D eigenvalue weighted by atomic mass is 10.1. The van der Waals surface area contributed by atoms with Crippen molar-refractivity contribution < 1.29 is 27.8 Å². The number of rotatable bonds is 4. The molecule has 0 saturated heterocycles. The Morgan fingerprint density at radius 1 is 1.31 bits per heavy atom. The third kappa shape index (κ3) is 3.42. The Bertz CT molecular complexity index is 1130. The first-order chi connectivity index (χ1) is 13.9. The van der Waals surface area contributed by atoms with E-state index < -0.39 is 29.6 Å². The topological polar surface area (TPSA) is 68.7 Å². The minimum Gasteiger partial charge on any atom is -0.478 e. The van der Waals surface area contributed by atoms with Gasteiger partial charge in [0.05, 0.1) is 36.0 Å². The molecule has 29 heavy (non-hydrogen) atoms. The third-order valence-corrected chi connectivity index (χ3v) is 5.70. The second-order valence-electron chi connectivity index (χ2n) is 6.55.